The maximum absolute atomic E-state index is 5.52. The molecule has 0 radical (unpaired) electrons. The lowest BCUT2D eigenvalue weighted by Gasteiger charge is -2.16. The summed E-state index contributed by atoms with van der Waals surface area (Å²) in [4.78, 5) is 0. The predicted molar refractivity (Wildman–Crippen MR) is 87.4 cm³/mol. The molecule has 0 amide bonds. The number of ether oxygens (including phenoxy) is 2. The summed E-state index contributed by atoms with van der Waals surface area (Å²) in [6, 6.07) is 0.609. The third-order valence-corrected chi connectivity index (χ3v) is 3.86. The van der Waals surface area contributed by atoms with E-state index in [9.17, 15) is 0 Å². The Bertz CT molecular complexity index is 176. The van der Waals surface area contributed by atoms with Gasteiger partial charge in [-0.05, 0) is 19.9 Å². The van der Waals surface area contributed by atoms with Crippen molar-refractivity contribution in [2.75, 3.05) is 34.0 Å². The van der Waals surface area contributed by atoms with Crippen LogP contribution in [0.15, 0.2) is 0 Å². The lowest BCUT2D eigenvalue weighted by Crippen LogP contribution is -2.26. The summed E-state index contributed by atoms with van der Waals surface area (Å²) in [7, 11) is 3.77. The number of methoxy groups -OCH3 is 1. The number of hydrogen-bond donors (Lipinski definition) is 1. The van der Waals surface area contributed by atoms with Crippen LogP contribution in [-0.4, -0.2) is 40.0 Å². The summed E-state index contributed by atoms with van der Waals surface area (Å²) in [5.74, 6) is 0. The van der Waals surface area contributed by atoms with Crippen molar-refractivity contribution in [2.24, 2.45) is 0 Å². The highest BCUT2D eigenvalue weighted by molar-refractivity contribution is 4.64. The Hall–Kier alpha value is -0.120. The smallest absolute Gasteiger partial charge is 0.0700 e. The maximum Gasteiger partial charge on any atom is 0.0700 e. The molecule has 1 atom stereocenters. The average molecular weight is 287 g/mol. The van der Waals surface area contributed by atoms with Crippen LogP contribution in [0.2, 0.25) is 0 Å². The van der Waals surface area contributed by atoms with Gasteiger partial charge in [-0.15, -0.1) is 0 Å². The largest absolute Gasteiger partial charge is 0.382 e. The first-order valence-electron chi connectivity index (χ1n) is 8.59. The third-order valence-electron chi connectivity index (χ3n) is 3.86. The van der Waals surface area contributed by atoms with E-state index >= 15 is 0 Å². The van der Waals surface area contributed by atoms with Gasteiger partial charge < -0.3 is 14.8 Å². The van der Waals surface area contributed by atoms with Gasteiger partial charge in [-0.1, -0.05) is 58.3 Å². The van der Waals surface area contributed by atoms with Gasteiger partial charge >= 0.3 is 0 Å². The van der Waals surface area contributed by atoms with Crippen molar-refractivity contribution in [3.05, 3.63) is 0 Å². The molecule has 0 aromatic heterocycles. The number of rotatable bonds is 16. The van der Waals surface area contributed by atoms with E-state index in [2.05, 4.69) is 19.3 Å². The van der Waals surface area contributed by atoms with Crippen LogP contribution in [0.3, 0.4) is 0 Å². The van der Waals surface area contributed by atoms with Gasteiger partial charge in [-0.3, -0.25) is 0 Å². The zero-order valence-electron chi connectivity index (χ0n) is 14.1. The Morgan fingerprint density at radius 1 is 0.800 bits per heavy atom. The fourth-order valence-corrected chi connectivity index (χ4v) is 2.43. The van der Waals surface area contributed by atoms with E-state index in [1.165, 1.54) is 57.8 Å². The van der Waals surface area contributed by atoms with E-state index < -0.39 is 0 Å². The van der Waals surface area contributed by atoms with Crippen molar-refractivity contribution >= 4 is 0 Å². The number of hydrogen-bond acceptors (Lipinski definition) is 3. The Morgan fingerprint density at radius 3 is 2.05 bits per heavy atom. The van der Waals surface area contributed by atoms with Gasteiger partial charge in [0.2, 0.25) is 0 Å². The molecule has 0 aromatic rings. The second-order valence-electron chi connectivity index (χ2n) is 5.64. The molecule has 0 aliphatic carbocycles. The fraction of sp³-hybridized carbons (Fsp3) is 1.00. The highest BCUT2D eigenvalue weighted by Crippen LogP contribution is 2.11. The minimum Gasteiger partial charge on any atom is -0.382 e. The van der Waals surface area contributed by atoms with Gasteiger partial charge in [0.05, 0.1) is 13.2 Å². The van der Waals surface area contributed by atoms with E-state index in [0.717, 1.165) is 13.0 Å². The molecule has 0 rings (SSSR count). The fourth-order valence-electron chi connectivity index (χ4n) is 2.43. The molecule has 0 saturated carbocycles. The highest BCUT2D eigenvalue weighted by atomic mass is 16.5. The van der Waals surface area contributed by atoms with E-state index in [-0.39, 0.29) is 0 Å². The van der Waals surface area contributed by atoms with Crippen molar-refractivity contribution in [1.29, 1.82) is 0 Å². The first-order valence-corrected chi connectivity index (χ1v) is 8.59. The summed E-state index contributed by atoms with van der Waals surface area (Å²) in [6.07, 6.45) is 13.5. The molecule has 1 unspecified atom stereocenters. The maximum atomic E-state index is 5.52. The van der Waals surface area contributed by atoms with Gasteiger partial charge in [-0.25, -0.2) is 0 Å². The van der Waals surface area contributed by atoms with Crippen LogP contribution in [0.1, 0.15) is 71.1 Å². The van der Waals surface area contributed by atoms with Crippen LogP contribution in [0.5, 0.6) is 0 Å². The molecule has 3 heteroatoms. The molecule has 0 aliphatic rings. The summed E-state index contributed by atoms with van der Waals surface area (Å²) < 4.78 is 10.5. The second-order valence-corrected chi connectivity index (χ2v) is 5.64. The Morgan fingerprint density at radius 2 is 1.45 bits per heavy atom. The molecule has 0 heterocycles. The molecular formula is C17H37NO2. The highest BCUT2D eigenvalue weighted by Gasteiger charge is 2.05. The van der Waals surface area contributed by atoms with Crippen LogP contribution in [0.25, 0.3) is 0 Å². The second kappa shape index (κ2) is 16.9. The van der Waals surface area contributed by atoms with Crippen LogP contribution >= 0.6 is 0 Å². The summed E-state index contributed by atoms with van der Waals surface area (Å²) in [5, 5.41) is 3.40. The van der Waals surface area contributed by atoms with Gasteiger partial charge in [0, 0.05) is 19.8 Å². The molecule has 0 bridgehead atoms. The summed E-state index contributed by atoms with van der Waals surface area (Å²) in [5.41, 5.74) is 0. The van der Waals surface area contributed by atoms with E-state index in [4.69, 9.17) is 9.47 Å². The lowest BCUT2D eigenvalue weighted by atomic mass is 10.0. The quantitative estimate of drug-likeness (QED) is 0.432. The van der Waals surface area contributed by atoms with Crippen molar-refractivity contribution < 1.29 is 9.47 Å². The van der Waals surface area contributed by atoms with Crippen molar-refractivity contribution in [1.82, 2.24) is 5.32 Å². The molecule has 3 nitrogen and oxygen atoms in total. The van der Waals surface area contributed by atoms with Crippen LogP contribution in [0, 0.1) is 0 Å². The summed E-state index contributed by atoms with van der Waals surface area (Å²) >= 11 is 0. The minimum absolute atomic E-state index is 0.609. The minimum atomic E-state index is 0.609. The topological polar surface area (TPSA) is 30.5 Å². The van der Waals surface area contributed by atoms with Crippen molar-refractivity contribution in [3.8, 4) is 0 Å². The molecule has 0 aromatic carbocycles. The number of unbranched alkanes of at least 4 members (excludes halogenated alkanes) is 7. The standard InChI is InChI=1S/C17H37NO2/c1-4-5-6-7-8-9-10-11-12-17(18-2)13-14-20-16-15-19-3/h17-18H,4-16H2,1-3H3. The van der Waals surface area contributed by atoms with Gasteiger partial charge in [-0.2, -0.15) is 0 Å². The SMILES string of the molecule is CCCCCCCCCCC(CCOCCOC)NC. The van der Waals surface area contributed by atoms with E-state index in [0.29, 0.717) is 19.3 Å². The zero-order chi connectivity index (χ0) is 14.9. The summed E-state index contributed by atoms with van der Waals surface area (Å²) in [6.45, 7) is 4.52. The van der Waals surface area contributed by atoms with Gasteiger partial charge in [0.15, 0.2) is 0 Å². The van der Waals surface area contributed by atoms with Gasteiger partial charge in [0.1, 0.15) is 0 Å². The van der Waals surface area contributed by atoms with E-state index in [1.54, 1.807) is 7.11 Å². The molecular weight excluding hydrogens is 250 g/mol. The van der Waals surface area contributed by atoms with Gasteiger partial charge in [0.25, 0.3) is 0 Å². The molecule has 20 heavy (non-hydrogen) atoms. The number of nitrogens with one attached hydrogen (secondary N) is 1. The zero-order valence-corrected chi connectivity index (χ0v) is 14.1. The van der Waals surface area contributed by atoms with Crippen LogP contribution < -0.4 is 5.32 Å². The molecule has 1 N–H and O–H groups in total. The normalized spacial score (nSPS) is 12.8. The Balaban J connectivity index is 3.28. The molecule has 122 valence electrons. The molecule has 0 saturated heterocycles. The van der Waals surface area contributed by atoms with Crippen LogP contribution in [0.4, 0.5) is 0 Å². The first kappa shape index (κ1) is 19.9. The van der Waals surface area contributed by atoms with E-state index in [1.807, 2.05) is 0 Å². The van der Waals surface area contributed by atoms with Crippen LogP contribution in [-0.2, 0) is 9.47 Å². The van der Waals surface area contributed by atoms with Crippen molar-refractivity contribution in [2.45, 2.75) is 77.2 Å². The third kappa shape index (κ3) is 14.3. The Kier molecular flexibility index (Phi) is 16.8. The first-order chi connectivity index (χ1) is 9.85. The molecule has 0 fully saturated rings. The Labute approximate surface area is 126 Å². The lowest BCUT2D eigenvalue weighted by molar-refractivity contribution is 0.0656. The molecule has 0 spiro atoms. The average Bonchev–Trinajstić information content (AvgIpc) is 2.47. The monoisotopic (exact) mass is 287 g/mol. The predicted octanol–water partition coefficient (Wildman–Crippen LogP) is 4.16. The molecule has 0 aliphatic heterocycles. The van der Waals surface area contributed by atoms with Crippen molar-refractivity contribution in [3.63, 3.8) is 0 Å².